The average Bonchev–Trinajstić information content (AvgIpc) is 3.12. The van der Waals surface area contributed by atoms with Gasteiger partial charge in [0.15, 0.2) is 11.6 Å². The number of benzene rings is 1. The summed E-state index contributed by atoms with van der Waals surface area (Å²) >= 11 is 0. The van der Waals surface area contributed by atoms with Gasteiger partial charge in [0.1, 0.15) is 12.1 Å². The molecule has 27 heavy (non-hydrogen) atoms. The predicted octanol–water partition coefficient (Wildman–Crippen LogP) is 3.08. The second-order valence-electron chi connectivity index (χ2n) is 6.19. The third kappa shape index (κ3) is 3.87. The molecule has 0 saturated carbocycles. The normalized spacial score (nSPS) is 14.4. The molecule has 1 aliphatic rings. The minimum atomic E-state index is -0.933. The molecule has 0 unspecified atom stereocenters. The lowest BCUT2D eigenvalue weighted by Gasteiger charge is -2.28. The van der Waals surface area contributed by atoms with Gasteiger partial charge < -0.3 is 15.0 Å². The van der Waals surface area contributed by atoms with E-state index < -0.39 is 11.6 Å². The summed E-state index contributed by atoms with van der Waals surface area (Å²) in [4.78, 5) is 10.9. The van der Waals surface area contributed by atoms with Crippen LogP contribution in [0.25, 0.3) is 5.69 Å². The van der Waals surface area contributed by atoms with Crippen molar-refractivity contribution in [2.24, 2.45) is 0 Å². The fourth-order valence-corrected chi connectivity index (χ4v) is 2.88. The fourth-order valence-electron chi connectivity index (χ4n) is 2.88. The van der Waals surface area contributed by atoms with Crippen molar-refractivity contribution in [2.75, 3.05) is 36.5 Å². The number of nitrogens with one attached hydrogen (secondary N) is 1. The second-order valence-corrected chi connectivity index (χ2v) is 6.19. The van der Waals surface area contributed by atoms with Crippen molar-refractivity contribution in [3.8, 4) is 5.69 Å². The summed E-state index contributed by atoms with van der Waals surface area (Å²) in [6, 6.07) is 7.38. The van der Waals surface area contributed by atoms with Crippen LogP contribution < -0.4 is 10.2 Å². The minimum absolute atomic E-state index is 0. The summed E-state index contributed by atoms with van der Waals surface area (Å²) in [5, 5.41) is 7.40. The van der Waals surface area contributed by atoms with Crippen molar-refractivity contribution in [3.05, 3.63) is 54.0 Å². The molecule has 3 heterocycles. The Morgan fingerprint density at radius 2 is 1.93 bits per heavy atom. The highest BCUT2D eigenvalue weighted by Gasteiger charge is 2.14. The van der Waals surface area contributed by atoms with Crippen LogP contribution in [0.15, 0.2) is 36.7 Å². The van der Waals surface area contributed by atoms with Crippen LogP contribution in [-0.2, 0) is 4.74 Å². The number of morpholine rings is 1. The molecule has 0 aliphatic carbocycles. The van der Waals surface area contributed by atoms with Gasteiger partial charge in [0.25, 0.3) is 0 Å². The maximum Gasteiger partial charge on any atom is 0.246 e. The van der Waals surface area contributed by atoms with Crippen LogP contribution in [-0.4, -0.2) is 46.1 Å². The monoisotopic (exact) mass is 374 g/mol. The Bertz CT molecular complexity index is 961. The van der Waals surface area contributed by atoms with Gasteiger partial charge in [-0.15, -0.1) is 5.10 Å². The van der Waals surface area contributed by atoms with Crippen LogP contribution in [0.4, 0.5) is 26.2 Å². The molecule has 1 saturated heterocycles. The molecule has 4 rings (SSSR count). The predicted molar refractivity (Wildman–Crippen MR) is 98.7 cm³/mol. The quantitative estimate of drug-likeness (QED) is 0.757. The molecule has 0 spiro atoms. The molecule has 0 amide bonds. The lowest BCUT2D eigenvalue weighted by molar-refractivity contribution is 0.122. The van der Waals surface area contributed by atoms with Crippen molar-refractivity contribution in [1.82, 2.24) is 19.7 Å². The van der Waals surface area contributed by atoms with Gasteiger partial charge in [-0.25, -0.2) is 18.4 Å². The third-order valence-electron chi connectivity index (χ3n) is 4.19. The number of aryl methyl sites for hydroxylation is 1. The van der Waals surface area contributed by atoms with Gasteiger partial charge in [-0.3, -0.25) is 0 Å². The SMILES string of the molecule is Cc1cc(Nc2ncn(-c3ccc(F)c(F)c3)n2)cc(N2CCOCC2)n1.[HH]. The molecule has 7 nitrogen and oxygen atoms in total. The topological polar surface area (TPSA) is 68.1 Å². The number of ether oxygens (including phenoxy) is 1. The summed E-state index contributed by atoms with van der Waals surface area (Å²) in [5.74, 6) is -0.628. The smallest absolute Gasteiger partial charge is 0.246 e. The molecule has 0 bridgehead atoms. The number of hydrogen-bond acceptors (Lipinski definition) is 6. The summed E-state index contributed by atoms with van der Waals surface area (Å²) in [7, 11) is 0. The zero-order valence-corrected chi connectivity index (χ0v) is 14.7. The van der Waals surface area contributed by atoms with Crippen molar-refractivity contribution >= 4 is 17.5 Å². The highest BCUT2D eigenvalue weighted by atomic mass is 19.2. The van der Waals surface area contributed by atoms with Crippen molar-refractivity contribution in [2.45, 2.75) is 6.92 Å². The van der Waals surface area contributed by atoms with Gasteiger partial charge in [-0.2, -0.15) is 4.98 Å². The summed E-state index contributed by atoms with van der Waals surface area (Å²) in [5.41, 5.74) is 2.04. The summed E-state index contributed by atoms with van der Waals surface area (Å²) in [6.45, 7) is 4.86. The number of aromatic nitrogens is 4. The highest BCUT2D eigenvalue weighted by molar-refractivity contribution is 5.60. The Labute approximate surface area is 156 Å². The van der Waals surface area contributed by atoms with E-state index in [9.17, 15) is 8.78 Å². The van der Waals surface area contributed by atoms with E-state index in [1.807, 2.05) is 19.1 Å². The Morgan fingerprint density at radius 3 is 2.70 bits per heavy atom. The lowest BCUT2D eigenvalue weighted by Crippen LogP contribution is -2.36. The Balaban J connectivity index is 0.00000225. The first kappa shape index (κ1) is 17.3. The summed E-state index contributed by atoms with van der Waals surface area (Å²) in [6.07, 6.45) is 1.44. The van der Waals surface area contributed by atoms with E-state index in [2.05, 4.69) is 25.3 Å². The number of anilines is 3. The van der Waals surface area contributed by atoms with Gasteiger partial charge in [0, 0.05) is 38.0 Å². The van der Waals surface area contributed by atoms with Crippen LogP contribution >= 0.6 is 0 Å². The van der Waals surface area contributed by atoms with Crippen LogP contribution in [0.2, 0.25) is 0 Å². The van der Waals surface area contributed by atoms with E-state index in [0.717, 1.165) is 42.4 Å². The second kappa shape index (κ2) is 7.28. The fraction of sp³-hybridized carbons (Fsp3) is 0.278. The largest absolute Gasteiger partial charge is 0.378 e. The summed E-state index contributed by atoms with van der Waals surface area (Å²) < 4.78 is 33.3. The molecule has 0 radical (unpaired) electrons. The molecule has 1 aromatic carbocycles. The lowest BCUT2D eigenvalue weighted by atomic mass is 10.3. The van der Waals surface area contributed by atoms with Crippen molar-refractivity contribution in [3.63, 3.8) is 0 Å². The molecular formula is C18H20F2N6O. The molecule has 9 heteroatoms. The van der Waals surface area contributed by atoms with E-state index in [-0.39, 0.29) is 1.43 Å². The molecule has 1 aliphatic heterocycles. The van der Waals surface area contributed by atoms with Gasteiger partial charge in [-0.05, 0) is 25.1 Å². The minimum Gasteiger partial charge on any atom is -0.378 e. The first-order chi connectivity index (χ1) is 13.1. The number of rotatable bonds is 4. The van der Waals surface area contributed by atoms with Crippen molar-refractivity contribution < 1.29 is 14.9 Å². The van der Waals surface area contributed by atoms with Crippen molar-refractivity contribution in [1.29, 1.82) is 0 Å². The maximum atomic E-state index is 13.4. The number of nitrogens with zero attached hydrogens (tertiary/aromatic N) is 5. The molecule has 2 aromatic heterocycles. The zero-order chi connectivity index (χ0) is 18.8. The molecule has 1 fully saturated rings. The first-order valence-corrected chi connectivity index (χ1v) is 8.54. The van der Waals surface area contributed by atoms with Gasteiger partial charge in [0.05, 0.1) is 18.9 Å². The molecule has 142 valence electrons. The maximum absolute atomic E-state index is 13.4. The van der Waals surface area contributed by atoms with E-state index in [0.29, 0.717) is 24.8 Å². The van der Waals surface area contributed by atoms with Gasteiger partial charge in [-0.1, -0.05) is 0 Å². The molecular weight excluding hydrogens is 354 g/mol. The van der Waals surface area contributed by atoms with Crippen LogP contribution in [0.3, 0.4) is 0 Å². The first-order valence-electron chi connectivity index (χ1n) is 8.54. The van der Waals surface area contributed by atoms with Crippen LogP contribution in [0.5, 0.6) is 0 Å². The standard InChI is InChI=1S/C18H18F2N6O.H2/c1-12-8-13(9-17(22-12)25-4-6-27-7-5-25)23-18-21-11-26(24-18)14-2-3-15(19)16(20)10-14;/h2-3,8-11H,4-7H2,1H3,(H,22,23,24);1H. The molecule has 0 atom stereocenters. The molecule has 3 aromatic rings. The van der Waals surface area contributed by atoms with Gasteiger partial charge in [0.2, 0.25) is 5.95 Å². The van der Waals surface area contributed by atoms with E-state index in [4.69, 9.17) is 4.74 Å². The zero-order valence-electron chi connectivity index (χ0n) is 14.7. The number of pyridine rings is 1. The van der Waals surface area contributed by atoms with Gasteiger partial charge >= 0.3 is 0 Å². The van der Waals surface area contributed by atoms with Crippen LogP contribution in [0, 0.1) is 18.6 Å². The average molecular weight is 374 g/mol. The third-order valence-corrected chi connectivity index (χ3v) is 4.19. The van der Waals surface area contributed by atoms with E-state index in [1.54, 1.807) is 0 Å². The van der Waals surface area contributed by atoms with E-state index >= 15 is 0 Å². The highest BCUT2D eigenvalue weighted by Crippen LogP contribution is 2.22. The Hall–Kier alpha value is -3.07. The number of hydrogen-bond donors (Lipinski definition) is 1. The Morgan fingerprint density at radius 1 is 1.11 bits per heavy atom. The molecule has 1 N–H and O–H groups in total. The van der Waals surface area contributed by atoms with Crippen LogP contribution in [0.1, 0.15) is 7.12 Å². The Kier molecular flexibility index (Phi) is 4.68. The number of halogens is 2. The van der Waals surface area contributed by atoms with E-state index in [1.165, 1.54) is 17.1 Å².